The average molecular weight is 595 g/mol. The SMILES string of the molecule is O=C(C=CC=C(c1ccc(C(F)(F)F)cc1)c1ccc(N2CCOCC2)nc1)Nc1ccc2c(c1)NC(=O)C(CCO)O2. The second kappa shape index (κ2) is 13.1. The van der Waals surface area contributed by atoms with E-state index in [1.54, 1.807) is 30.5 Å². The first-order chi connectivity index (χ1) is 20.7. The van der Waals surface area contributed by atoms with Gasteiger partial charge in [0.25, 0.3) is 5.91 Å². The molecule has 0 bridgehead atoms. The number of hydrogen-bond donors (Lipinski definition) is 3. The lowest BCUT2D eigenvalue weighted by Crippen LogP contribution is -2.37. The molecule has 43 heavy (non-hydrogen) atoms. The van der Waals surface area contributed by atoms with Crippen LogP contribution in [-0.2, 0) is 20.5 Å². The molecule has 2 aromatic carbocycles. The topological polar surface area (TPSA) is 113 Å². The van der Waals surface area contributed by atoms with Gasteiger partial charge in [-0.15, -0.1) is 0 Å². The van der Waals surface area contributed by atoms with Gasteiger partial charge in [0.15, 0.2) is 6.10 Å². The van der Waals surface area contributed by atoms with Crippen molar-refractivity contribution < 1.29 is 37.3 Å². The molecule has 2 aliphatic heterocycles. The molecule has 0 aliphatic carbocycles. The molecule has 5 rings (SSSR count). The van der Waals surface area contributed by atoms with Crippen LogP contribution in [0.15, 0.2) is 79.0 Å². The number of benzene rings is 2. The van der Waals surface area contributed by atoms with E-state index in [-0.39, 0.29) is 13.0 Å². The molecular weight excluding hydrogens is 565 g/mol. The molecule has 1 atom stereocenters. The Balaban J connectivity index is 1.34. The van der Waals surface area contributed by atoms with Gasteiger partial charge in [-0.3, -0.25) is 9.59 Å². The van der Waals surface area contributed by atoms with E-state index in [1.165, 1.54) is 24.3 Å². The van der Waals surface area contributed by atoms with E-state index in [2.05, 4.69) is 20.5 Å². The zero-order valence-electron chi connectivity index (χ0n) is 22.9. The number of halogens is 3. The third-order valence-corrected chi connectivity index (χ3v) is 6.89. The normalized spacial score (nSPS) is 17.3. The van der Waals surface area contributed by atoms with Crippen molar-refractivity contribution in [2.45, 2.75) is 18.7 Å². The zero-order chi connectivity index (χ0) is 30.4. The fourth-order valence-electron chi connectivity index (χ4n) is 4.67. The maximum Gasteiger partial charge on any atom is 0.416 e. The fourth-order valence-corrected chi connectivity index (χ4v) is 4.67. The van der Waals surface area contributed by atoms with Crippen molar-refractivity contribution in [2.24, 2.45) is 0 Å². The number of rotatable bonds is 8. The number of nitrogens with one attached hydrogen (secondary N) is 2. The molecule has 1 fully saturated rings. The Labute approximate surface area is 245 Å². The predicted octanol–water partition coefficient (Wildman–Crippen LogP) is 4.65. The largest absolute Gasteiger partial charge is 0.478 e. The highest BCUT2D eigenvalue weighted by Gasteiger charge is 2.30. The van der Waals surface area contributed by atoms with Crippen LogP contribution in [0, 0.1) is 0 Å². The van der Waals surface area contributed by atoms with Gasteiger partial charge in [-0.1, -0.05) is 24.3 Å². The van der Waals surface area contributed by atoms with Gasteiger partial charge >= 0.3 is 6.18 Å². The third kappa shape index (κ3) is 7.40. The lowest BCUT2D eigenvalue weighted by molar-refractivity contribution is -0.137. The molecule has 2 amide bonds. The first-order valence-corrected chi connectivity index (χ1v) is 13.6. The minimum Gasteiger partial charge on any atom is -0.478 e. The van der Waals surface area contributed by atoms with Crippen molar-refractivity contribution in [1.82, 2.24) is 4.98 Å². The Morgan fingerprint density at radius 3 is 2.51 bits per heavy atom. The number of aromatic nitrogens is 1. The summed E-state index contributed by atoms with van der Waals surface area (Å²) >= 11 is 0. The van der Waals surface area contributed by atoms with E-state index in [1.807, 2.05) is 12.1 Å². The Bertz CT molecular complexity index is 1520. The first-order valence-electron chi connectivity index (χ1n) is 13.6. The van der Waals surface area contributed by atoms with Crippen LogP contribution in [0.1, 0.15) is 23.1 Å². The zero-order valence-corrected chi connectivity index (χ0v) is 22.9. The number of pyridine rings is 1. The number of carbonyl (C=O) groups is 2. The molecule has 224 valence electrons. The lowest BCUT2D eigenvalue weighted by atomic mass is 9.97. The van der Waals surface area contributed by atoms with Crippen LogP contribution in [0.3, 0.4) is 0 Å². The molecule has 3 N–H and O–H groups in total. The molecule has 1 saturated heterocycles. The number of aliphatic hydroxyl groups is 1. The standard InChI is InChI=1S/C31H29F3N4O5/c32-31(33,34)22-7-4-20(5-8-22)24(21-6-11-28(35-19-21)38-13-16-42-17-14-38)2-1-3-29(40)36-23-9-10-26-25(18-23)37-30(41)27(43-26)12-15-39/h1-11,18-19,27,39H,12-17H2,(H,36,40)(H,37,41). The number of hydrogen-bond acceptors (Lipinski definition) is 7. The maximum absolute atomic E-state index is 13.2. The van der Waals surface area contributed by atoms with E-state index in [4.69, 9.17) is 14.6 Å². The number of carbonyl (C=O) groups excluding carboxylic acids is 2. The fraction of sp³-hybridized carbons (Fsp3) is 0.258. The second-order valence-electron chi connectivity index (χ2n) is 9.83. The highest BCUT2D eigenvalue weighted by Crippen LogP contribution is 2.34. The number of allylic oxidation sites excluding steroid dienone is 2. The quantitative estimate of drug-likeness (QED) is 0.257. The van der Waals surface area contributed by atoms with Crippen molar-refractivity contribution >= 4 is 34.6 Å². The second-order valence-corrected chi connectivity index (χ2v) is 9.83. The van der Waals surface area contributed by atoms with Gasteiger partial charge in [-0.25, -0.2) is 4.98 Å². The maximum atomic E-state index is 13.2. The summed E-state index contributed by atoms with van der Waals surface area (Å²) in [5.74, 6) is 0.330. The number of fused-ring (bicyclic) bond motifs is 1. The minimum atomic E-state index is -4.46. The van der Waals surface area contributed by atoms with Crippen molar-refractivity contribution in [2.75, 3.05) is 48.4 Å². The Morgan fingerprint density at radius 2 is 1.84 bits per heavy atom. The summed E-state index contributed by atoms with van der Waals surface area (Å²) in [6.07, 6.45) is 0.968. The lowest BCUT2D eigenvalue weighted by Gasteiger charge is -2.27. The number of anilines is 3. The van der Waals surface area contributed by atoms with Gasteiger partial charge in [0.2, 0.25) is 5.91 Å². The van der Waals surface area contributed by atoms with Gasteiger partial charge in [0.1, 0.15) is 11.6 Å². The summed E-state index contributed by atoms with van der Waals surface area (Å²) in [4.78, 5) is 31.5. The van der Waals surface area contributed by atoms with Gasteiger partial charge in [-0.2, -0.15) is 13.2 Å². The van der Waals surface area contributed by atoms with Crippen molar-refractivity contribution in [1.29, 1.82) is 0 Å². The molecule has 12 heteroatoms. The molecule has 9 nitrogen and oxygen atoms in total. The summed E-state index contributed by atoms with van der Waals surface area (Å²) in [6, 6.07) is 13.3. The van der Waals surface area contributed by atoms with Crippen LogP contribution >= 0.6 is 0 Å². The third-order valence-electron chi connectivity index (χ3n) is 6.89. The molecule has 0 saturated carbocycles. The number of nitrogens with zero attached hydrogens (tertiary/aromatic N) is 2. The number of aliphatic hydroxyl groups excluding tert-OH is 1. The summed E-state index contributed by atoms with van der Waals surface area (Å²) in [6.45, 7) is 2.43. The molecule has 1 aromatic heterocycles. The highest BCUT2D eigenvalue weighted by atomic mass is 19.4. The van der Waals surface area contributed by atoms with Crippen molar-refractivity contribution in [3.05, 3.63) is 95.7 Å². The summed E-state index contributed by atoms with van der Waals surface area (Å²) in [7, 11) is 0. The molecule has 3 heterocycles. The molecule has 2 aliphatic rings. The number of ether oxygens (including phenoxy) is 2. The summed E-state index contributed by atoms with van der Waals surface area (Å²) < 4.78 is 50.5. The van der Waals surface area contributed by atoms with Crippen LogP contribution < -0.4 is 20.3 Å². The van der Waals surface area contributed by atoms with E-state index in [0.717, 1.165) is 18.0 Å². The van der Waals surface area contributed by atoms with Crippen LogP contribution in [0.25, 0.3) is 5.57 Å². The van der Waals surface area contributed by atoms with Crippen LogP contribution in [0.2, 0.25) is 0 Å². The van der Waals surface area contributed by atoms with E-state index >= 15 is 0 Å². The monoisotopic (exact) mass is 594 g/mol. The van der Waals surface area contributed by atoms with E-state index in [0.29, 0.717) is 60.1 Å². The highest BCUT2D eigenvalue weighted by molar-refractivity contribution is 6.02. The number of alkyl halides is 3. The van der Waals surface area contributed by atoms with Crippen LogP contribution in [0.4, 0.5) is 30.4 Å². The van der Waals surface area contributed by atoms with Crippen LogP contribution in [-0.4, -0.2) is 60.9 Å². The van der Waals surface area contributed by atoms with Gasteiger partial charge in [0.05, 0.1) is 24.5 Å². The van der Waals surface area contributed by atoms with E-state index in [9.17, 15) is 22.8 Å². The van der Waals surface area contributed by atoms with Crippen molar-refractivity contribution in [3.63, 3.8) is 0 Å². The van der Waals surface area contributed by atoms with Crippen molar-refractivity contribution in [3.8, 4) is 5.75 Å². The number of morpholine rings is 1. The Hall–Kier alpha value is -4.68. The Kier molecular flexibility index (Phi) is 9.07. The van der Waals surface area contributed by atoms with Gasteiger partial charge < -0.3 is 30.1 Å². The first kappa shape index (κ1) is 29.8. The van der Waals surface area contributed by atoms with Gasteiger partial charge in [0, 0.05) is 49.6 Å². The van der Waals surface area contributed by atoms with Gasteiger partial charge in [-0.05, 0) is 53.6 Å². The predicted molar refractivity (Wildman–Crippen MR) is 155 cm³/mol. The number of amides is 2. The Morgan fingerprint density at radius 1 is 1.09 bits per heavy atom. The molecular formula is C31H29F3N4O5. The van der Waals surface area contributed by atoms with E-state index < -0.39 is 29.7 Å². The average Bonchev–Trinajstić information content (AvgIpc) is 3.00. The minimum absolute atomic E-state index is 0.157. The molecule has 1 unspecified atom stereocenters. The smallest absolute Gasteiger partial charge is 0.416 e. The molecule has 3 aromatic rings. The van der Waals surface area contributed by atoms with Crippen LogP contribution in [0.5, 0.6) is 5.75 Å². The summed E-state index contributed by atoms with van der Waals surface area (Å²) in [5, 5.41) is 14.5. The molecule has 0 radical (unpaired) electrons. The molecule has 0 spiro atoms. The summed E-state index contributed by atoms with van der Waals surface area (Å²) in [5.41, 5.74) is 1.79.